The molecule has 24 heavy (non-hydrogen) atoms. The maximum Gasteiger partial charge on any atom is 0.261 e. The lowest BCUT2D eigenvalue weighted by Gasteiger charge is -2.08. The number of nitriles is 1. The van der Waals surface area contributed by atoms with Crippen molar-refractivity contribution in [1.29, 1.82) is 5.26 Å². The molecule has 0 saturated heterocycles. The van der Waals surface area contributed by atoms with Crippen molar-refractivity contribution in [2.75, 3.05) is 19.5 Å². The molecule has 0 fully saturated rings. The highest BCUT2D eigenvalue weighted by molar-refractivity contribution is 5.83. The summed E-state index contributed by atoms with van der Waals surface area (Å²) in [7, 11) is 1.48. The molecule has 0 aliphatic heterocycles. The Labute approximate surface area is 136 Å². The van der Waals surface area contributed by atoms with Crippen molar-refractivity contribution >= 4 is 18.1 Å². The molecule has 1 aromatic heterocycles. The van der Waals surface area contributed by atoms with Crippen LogP contribution in [0.2, 0.25) is 0 Å². The number of rotatable bonds is 7. The van der Waals surface area contributed by atoms with E-state index in [0.717, 1.165) is 4.68 Å². The van der Waals surface area contributed by atoms with Crippen LogP contribution >= 0.6 is 0 Å². The standard InChI is InChI=1S/C13H14N8O3/c1-23-11-6-9(2-3-10(11)24-5-4-14)7-16-17-12(22)8-21-13(15)18-19-20-21/h2-3,6-7H,5,8H2,1H3,(H,17,22)(H2,15,18,20)/b16-7-. The van der Waals surface area contributed by atoms with Gasteiger partial charge in [-0.15, -0.1) is 0 Å². The lowest BCUT2D eigenvalue weighted by atomic mass is 10.2. The van der Waals surface area contributed by atoms with Crippen LogP contribution in [0.5, 0.6) is 11.5 Å². The number of nitrogens with one attached hydrogen (secondary N) is 1. The second-order valence-corrected chi connectivity index (χ2v) is 4.34. The van der Waals surface area contributed by atoms with Crippen molar-refractivity contribution in [2.24, 2.45) is 5.10 Å². The van der Waals surface area contributed by atoms with E-state index in [4.69, 9.17) is 20.5 Å². The number of anilines is 1. The average molecular weight is 330 g/mol. The van der Waals surface area contributed by atoms with Gasteiger partial charge >= 0.3 is 0 Å². The van der Waals surface area contributed by atoms with E-state index in [0.29, 0.717) is 17.1 Å². The molecule has 3 N–H and O–H groups in total. The molecule has 11 nitrogen and oxygen atoms in total. The molecule has 0 aliphatic rings. The Hall–Kier alpha value is -3.68. The number of ether oxygens (including phenoxy) is 2. The summed E-state index contributed by atoms with van der Waals surface area (Å²) in [6.45, 7) is -0.236. The van der Waals surface area contributed by atoms with Crippen molar-refractivity contribution < 1.29 is 14.3 Å². The van der Waals surface area contributed by atoms with E-state index in [9.17, 15) is 4.79 Å². The molecule has 0 bridgehead atoms. The zero-order valence-corrected chi connectivity index (χ0v) is 12.7. The van der Waals surface area contributed by atoms with Crippen LogP contribution in [-0.4, -0.2) is 46.0 Å². The first kappa shape index (κ1) is 16.7. The normalized spacial score (nSPS) is 10.3. The number of hydrogen-bond donors (Lipinski definition) is 2. The molecule has 0 unspecified atom stereocenters. The lowest BCUT2D eigenvalue weighted by molar-refractivity contribution is -0.121. The molecule has 0 spiro atoms. The van der Waals surface area contributed by atoms with Crippen molar-refractivity contribution in [2.45, 2.75) is 6.54 Å². The minimum atomic E-state index is -0.439. The second kappa shape index (κ2) is 8.08. The van der Waals surface area contributed by atoms with E-state index in [-0.39, 0.29) is 19.1 Å². The number of benzene rings is 1. The van der Waals surface area contributed by atoms with E-state index in [1.807, 2.05) is 6.07 Å². The third kappa shape index (κ3) is 4.41. The Balaban J connectivity index is 1.95. The van der Waals surface area contributed by atoms with Crippen molar-refractivity contribution in [3.8, 4) is 17.6 Å². The van der Waals surface area contributed by atoms with Crippen LogP contribution < -0.4 is 20.6 Å². The molecule has 2 rings (SSSR count). The van der Waals surface area contributed by atoms with Gasteiger partial charge in [0.15, 0.2) is 18.1 Å². The Kier molecular flexibility index (Phi) is 5.62. The Bertz CT molecular complexity index is 780. The summed E-state index contributed by atoms with van der Waals surface area (Å²) in [5.74, 6) is 0.481. The topological polar surface area (TPSA) is 153 Å². The molecule has 0 radical (unpaired) electrons. The predicted molar refractivity (Wildman–Crippen MR) is 82.1 cm³/mol. The smallest absolute Gasteiger partial charge is 0.261 e. The fraction of sp³-hybridized carbons (Fsp3) is 0.231. The fourth-order valence-electron chi connectivity index (χ4n) is 1.67. The molecular weight excluding hydrogens is 316 g/mol. The van der Waals surface area contributed by atoms with Crippen molar-refractivity contribution in [3.05, 3.63) is 23.8 Å². The Morgan fingerprint density at radius 1 is 1.54 bits per heavy atom. The monoisotopic (exact) mass is 330 g/mol. The number of nitrogens with zero attached hydrogens (tertiary/aromatic N) is 6. The molecule has 2 aromatic rings. The lowest BCUT2D eigenvalue weighted by Crippen LogP contribution is -2.24. The van der Waals surface area contributed by atoms with Gasteiger partial charge in [0.05, 0.1) is 13.3 Å². The molecule has 11 heteroatoms. The van der Waals surface area contributed by atoms with Gasteiger partial charge in [-0.05, 0) is 34.2 Å². The first-order valence-corrected chi connectivity index (χ1v) is 6.65. The number of amides is 1. The Morgan fingerprint density at radius 2 is 2.38 bits per heavy atom. The number of methoxy groups -OCH3 is 1. The number of aromatic nitrogens is 4. The van der Waals surface area contributed by atoms with Gasteiger partial charge in [0, 0.05) is 0 Å². The zero-order valence-electron chi connectivity index (χ0n) is 12.7. The van der Waals surface area contributed by atoms with Gasteiger partial charge < -0.3 is 15.2 Å². The summed E-state index contributed by atoms with van der Waals surface area (Å²) >= 11 is 0. The van der Waals surface area contributed by atoms with Gasteiger partial charge in [-0.25, -0.2) is 10.1 Å². The van der Waals surface area contributed by atoms with E-state index >= 15 is 0 Å². The number of hydrazone groups is 1. The third-order valence-corrected chi connectivity index (χ3v) is 2.74. The van der Waals surface area contributed by atoms with E-state index in [1.54, 1.807) is 18.2 Å². The van der Waals surface area contributed by atoms with Crippen LogP contribution in [0.4, 0.5) is 5.95 Å². The molecule has 1 amide bonds. The highest BCUT2D eigenvalue weighted by atomic mass is 16.5. The maximum absolute atomic E-state index is 11.7. The van der Waals surface area contributed by atoms with Crippen LogP contribution in [0.3, 0.4) is 0 Å². The molecule has 1 aromatic carbocycles. The van der Waals surface area contributed by atoms with Crippen LogP contribution in [0.15, 0.2) is 23.3 Å². The summed E-state index contributed by atoms with van der Waals surface area (Å²) < 4.78 is 11.5. The van der Waals surface area contributed by atoms with E-state index < -0.39 is 5.91 Å². The van der Waals surface area contributed by atoms with Crippen LogP contribution in [0.1, 0.15) is 5.56 Å². The number of nitrogens with two attached hydrogens (primary N) is 1. The van der Waals surface area contributed by atoms with Crippen LogP contribution in [-0.2, 0) is 11.3 Å². The number of carbonyl (C=O) groups is 1. The minimum absolute atomic E-state index is 0.0341. The summed E-state index contributed by atoms with van der Waals surface area (Å²) in [6, 6.07) is 6.87. The number of tetrazole rings is 1. The quantitative estimate of drug-likeness (QED) is 0.500. The van der Waals surface area contributed by atoms with Gasteiger partial charge in [0.2, 0.25) is 5.95 Å². The first-order chi connectivity index (χ1) is 11.6. The first-order valence-electron chi connectivity index (χ1n) is 6.65. The van der Waals surface area contributed by atoms with E-state index in [2.05, 4.69) is 26.1 Å². The summed E-state index contributed by atoms with van der Waals surface area (Å²) in [5, 5.41) is 22.7. The largest absolute Gasteiger partial charge is 0.493 e. The maximum atomic E-state index is 11.7. The Morgan fingerprint density at radius 3 is 3.04 bits per heavy atom. The number of carbonyl (C=O) groups excluding carboxylic acids is 1. The fourth-order valence-corrected chi connectivity index (χ4v) is 1.67. The molecule has 124 valence electrons. The predicted octanol–water partition coefficient (Wildman–Crippen LogP) is -0.683. The zero-order chi connectivity index (χ0) is 17.4. The van der Waals surface area contributed by atoms with Crippen LogP contribution in [0, 0.1) is 11.3 Å². The van der Waals surface area contributed by atoms with Crippen LogP contribution in [0.25, 0.3) is 0 Å². The van der Waals surface area contributed by atoms with Gasteiger partial charge in [-0.3, -0.25) is 4.79 Å². The van der Waals surface area contributed by atoms with Crippen molar-refractivity contribution in [3.63, 3.8) is 0 Å². The van der Waals surface area contributed by atoms with Gasteiger partial charge in [0.25, 0.3) is 5.91 Å². The van der Waals surface area contributed by atoms with Gasteiger partial charge in [-0.2, -0.15) is 10.4 Å². The summed E-state index contributed by atoms with van der Waals surface area (Å²) in [6.07, 6.45) is 1.43. The third-order valence-electron chi connectivity index (χ3n) is 2.74. The summed E-state index contributed by atoms with van der Waals surface area (Å²) in [4.78, 5) is 11.7. The molecule has 0 saturated carbocycles. The van der Waals surface area contributed by atoms with Crippen molar-refractivity contribution in [1.82, 2.24) is 25.6 Å². The van der Waals surface area contributed by atoms with E-state index in [1.165, 1.54) is 13.3 Å². The average Bonchev–Trinajstić information content (AvgIpc) is 2.98. The molecule has 1 heterocycles. The SMILES string of the molecule is COc1cc(/C=N\NC(=O)Cn2nnnc2N)ccc1OCC#N. The second-order valence-electron chi connectivity index (χ2n) is 4.34. The molecule has 0 atom stereocenters. The number of hydrogen-bond acceptors (Lipinski definition) is 9. The molecular formula is C13H14N8O3. The highest BCUT2D eigenvalue weighted by Crippen LogP contribution is 2.27. The summed E-state index contributed by atoms with van der Waals surface area (Å²) in [5.41, 5.74) is 8.44. The molecule has 0 aliphatic carbocycles. The van der Waals surface area contributed by atoms with Gasteiger partial charge in [0.1, 0.15) is 12.6 Å². The highest BCUT2D eigenvalue weighted by Gasteiger charge is 2.07. The minimum Gasteiger partial charge on any atom is -0.493 e. The van der Waals surface area contributed by atoms with Gasteiger partial charge in [-0.1, -0.05) is 5.10 Å². The number of nitrogen functional groups attached to an aromatic ring is 1.